The third-order valence-corrected chi connectivity index (χ3v) is 5.53. The van der Waals surface area contributed by atoms with Gasteiger partial charge in [-0.05, 0) is 30.6 Å². The predicted octanol–water partition coefficient (Wildman–Crippen LogP) is 3.15. The second-order valence-corrected chi connectivity index (χ2v) is 7.45. The highest BCUT2D eigenvalue weighted by Crippen LogP contribution is 2.24. The maximum atomic E-state index is 12.4. The first kappa shape index (κ1) is 16.4. The molecule has 0 saturated carbocycles. The third kappa shape index (κ3) is 3.73. The lowest BCUT2D eigenvalue weighted by Gasteiger charge is -2.13. The molecule has 1 amide bonds. The summed E-state index contributed by atoms with van der Waals surface area (Å²) in [5, 5.41) is 6.58. The smallest absolute Gasteiger partial charge is 0.251 e. The molecule has 2 heterocycles. The highest BCUT2D eigenvalue weighted by Gasteiger charge is 2.35. The SMILES string of the molecule is CSCCC1NC(=S)N(Cc2csc(-c3ccccc3)n2)C1=O. The number of thioether (sulfide) groups is 1. The lowest BCUT2D eigenvalue weighted by molar-refractivity contribution is -0.127. The number of thiocarbonyl (C=S) groups is 1. The first-order chi connectivity index (χ1) is 11.2. The van der Waals surface area contributed by atoms with Gasteiger partial charge in [0.2, 0.25) is 0 Å². The van der Waals surface area contributed by atoms with Crippen LogP contribution in [0.15, 0.2) is 35.7 Å². The summed E-state index contributed by atoms with van der Waals surface area (Å²) in [6.45, 7) is 0.434. The fourth-order valence-electron chi connectivity index (χ4n) is 2.41. The first-order valence-corrected chi connectivity index (χ1v) is 9.98. The Morgan fingerprint density at radius 2 is 2.17 bits per heavy atom. The summed E-state index contributed by atoms with van der Waals surface area (Å²) in [6, 6.07) is 9.86. The number of hydrogen-bond acceptors (Lipinski definition) is 5. The third-order valence-electron chi connectivity index (χ3n) is 3.61. The van der Waals surface area contributed by atoms with Crippen molar-refractivity contribution in [3.05, 3.63) is 41.4 Å². The molecule has 1 aliphatic heterocycles. The van der Waals surface area contributed by atoms with Gasteiger partial charge in [0.15, 0.2) is 5.11 Å². The summed E-state index contributed by atoms with van der Waals surface area (Å²) in [6.07, 6.45) is 2.83. The highest BCUT2D eigenvalue weighted by atomic mass is 32.2. The van der Waals surface area contributed by atoms with Crippen LogP contribution in [0.25, 0.3) is 10.6 Å². The maximum absolute atomic E-state index is 12.4. The molecule has 1 atom stereocenters. The number of nitrogens with zero attached hydrogens (tertiary/aromatic N) is 2. The average Bonchev–Trinajstić information content (AvgIpc) is 3.14. The molecule has 1 aliphatic rings. The van der Waals surface area contributed by atoms with Crippen LogP contribution >= 0.6 is 35.3 Å². The number of aromatic nitrogens is 1. The highest BCUT2D eigenvalue weighted by molar-refractivity contribution is 7.98. The summed E-state index contributed by atoms with van der Waals surface area (Å²) in [7, 11) is 0. The van der Waals surface area contributed by atoms with Crippen molar-refractivity contribution < 1.29 is 4.79 Å². The number of thiazole rings is 1. The van der Waals surface area contributed by atoms with E-state index in [1.165, 1.54) is 0 Å². The van der Waals surface area contributed by atoms with Gasteiger partial charge in [-0.25, -0.2) is 4.98 Å². The van der Waals surface area contributed by atoms with E-state index < -0.39 is 0 Å². The molecule has 1 N–H and O–H groups in total. The molecular formula is C16H17N3OS3. The molecule has 7 heteroatoms. The van der Waals surface area contributed by atoms with E-state index in [2.05, 4.69) is 10.3 Å². The Kier molecular flexibility index (Phi) is 5.30. The van der Waals surface area contributed by atoms with E-state index >= 15 is 0 Å². The van der Waals surface area contributed by atoms with Gasteiger partial charge >= 0.3 is 0 Å². The van der Waals surface area contributed by atoms with Crippen LogP contribution in [0, 0.1) is 0 Å². The van der Waals surface area contributed by atoms with E-state index in [1.54, 1.807) is 28.0 Å². The molecule has 3 rings (SSSR count). The molecule has 0 bridgehead atoms. The Balaban J connectivity index is 1.69. The van der Waals surface area contributed by atoms with Crippen molar-refractivity contribution >= 4 is 46.3 Å². The zero-order chi connectivity index (χ0) is 16.2. The lowest BCUT2D eigenvalue weighted by Crippen LogP contribution is -2.31. The number of carbonyl (C=O) groups excluding carboxylic acids is 1. The van der Waals surface area contributed by atoms with Crippen molar-refractivity contribution in [2.24, 2.45) is 0 Å². The van der Waals surface area contributed by atoms with Crippen molar-refractivity contribution in [2.45, 2.75) is 19.0 Å². The number of amides is 1. The molecule has 120 valence electrons. The summed E-state index contributed by atoms with van der Waals surface area (Å²) in [5.74, 6) is 0.993. The van der Waals surface area contributed by atoms with Crippen LogP contribution < -0.4 is 5.32 Å². The molecule has 1 fully saturated rings. The molecule has 1 saturated heterocycles. The largest absolute Gasteiger partial charge is 0.350 e. The number of benzene rings is 1. The molecule has 1 unspecified atom stereocenters. The molecule has 0 radical (unpaired) electrons. The molecule has 0 spiro atoms. The van der Waals surface area contributed by atoms with Crippen molar-refractivity contribution in [2.75, 3.05) is 12.0 Å². The molecule has 1 aromatic carbocycles. The van der Waals surface area contributed by atoms with Crippen LogP contribution in [0.4, 0.5) is 0 Å². The summed E-state index contributed by atoms with van der Waals surface area (Å²) in [4.78, 5) is 18.7. The number of rotatable bonds is 6. The summed E-state index contributed by atoms with van der Waals surface area (Å²) < 4.78 is 0. The van der Waals surface area contributed by atoms with E-state index in [0.29, 0.717) is 11.7 Å². The maximum Gasteiger partial charge on any atom is 0.251 e. The zero-order valence-electron chi connectivity index (χ0n) is 12.7. The van der Waals surface area contributed by atoms with Gasteiger partial charge in [-0.2, -0.15) is 11.8 Å². The molecule has 0 aliphatic carbocycles. The van der Waals surface area contributed by atoms with Gasteiger partial charge in [0.05, 0.1) is 12.2 Å². The van der Waals surface area contributed by atoms with Gasteiger partial charge in [0.25, 0.3) is 5.91 Å². The Hall–Kier alpha value is -1.44. The minimum absolute atomic E-state index is 0.0540. The van der Waals surface area contributed by atoms with Gasteiger partial charge in [-0.3, -0.25) is 9.69 Å². The van der Waals surface area contributed by atoms with Gasteiger partial charge < -0.3 is 5.32 Å². The second-order valence-electron chi connectivity index (χ2n) is 5.22. The normalized spacial score (nSPS) is 17.6. The summed E-state index contributed by atoms with van der Waals surface area (Å²) in [5.41, 5.74) is 1.96. The molecule has 4 nitrogen and oxygen atoms in total. The first-order valence-electron chi connectivity index (χ1n) is 7.29. The Labute approximate surface area is 149 Å². The van der Waals surface area contributed by atoms with Crippen molar-refractivity contribution in [3.8, 4) is 10.6 Å². The molecular weight excluding hydrogens is 346 g/mol. The molecule has 2 aromatic rings. The van der Waals surface area contributed by atoms with Gasteiger partial charge in [0.1, 0.15) is 11.0 Å². The monoisotopic (exact) mass is 363 g/mol. The number of hydrogen-bond donors (Lipinski definition) is 1. The zero-order valence-corrected chi connectivity index (χ0v) is 15.1. The molecule has 23 heavy (non-hydrogen) atoms. The standard InChI is InChI=1S/C16H17N3OS3/c1-22-8-7-13-15(20)19(16(21)18-13)9-12-10-23-14(17-12)11-5-3-2-4-6-11/h2-6,10,13H,7-9H2,1H3,(H,18,21). The van der Waals surface area contributed by atoms with E-state index in [1.807, 2.05) is 42.0 Å². The quantitative estimate of drug-likeness (QED) is 0.799. The van der Waals surface area contributed by atoms with Crippen LogP contribution in [-0.2, 0) is 11.3 Å². The van der Waals surface area contributed by atoms with E-state index in [0.717, 1.165) is 28.4 Å². The fraction of sp³-hybridized carbons (Fsp3) is 0.312. The number of nitrogens with one attached hydrogen (secondary N) is 1. The topological polar surface area (TPSA) is 45.2 Å². The van der Waals surface area contributed by atoms with Crippen LogP contribution in [0.3, 0.4) is 0 Å². The van der Waals surface area contributed by atoms with E-state index in [4.69, 9.17) is 12.2 Å². The minimum atomic E-state index is -0.192. The van der Waals surface area contributed by atoms with Crippen molar-refractivity contribution in [3.63, 3.8) is 0 Å². The van der Waals surface area contributed by atoms with Crippen LogP contribution in [0.2, 0.25) is 0 Å². The predicted molar refractivity (Wildman–Crippen MR) is 101 cm³/mol. The van der Waals surface area contributed by atoms with Crippen LogP contribution in [-0.4, -0.2) is 39.0 Å². The lowest BCUT2D eigenvalue weighted by atomic mass is 10.2. The van der Waals surface area contributed by atoms with Crippen molar-refractivity contribution in [1.82, 2.24) is 15.2 Å². The molecule has 1 aromatic heterocycles. The fourth-order valence-corrected chi connectivity index (χ4v) is 4.00. The Morgan fingerprint density at radius 3 is 2.91 bits per heavy atom. The summed E-state index contributed by atoms with van der Waals surface area (Å²) >= 11 is 8.63. The van der Waals surface area contributed by atoms with Crippen LogP contribution in [0.1, 0.15) is 12.1 Å². The van der Waals surface area contributed by atoms with Gasteiger partial charge in [-0.15, -0.1) is 11.3 Å². The van der Waals surface area contributed by atoms with Gasteiger partial charge in [-0.1, -0.05) is 30.3 Å². The minimum Gasteiger partial charge on any atom is -0.350 e. The van der Waals surface area contributed by atoms with Gasteiger partial charge in [0, 0.05) is 10.9 Å². The number of carbonyl (C=O) groups is 1. The van der Waals surface area contributed by atoms with E-state index in [9.17, 15) is 4.79 Å². The van der Waals surface area contributed by atoms with Crippen molar-refractivity contribution in [1.29, 1.82) is 0 Å². The Bertz CT molecular complexity index is 702. The second kappa shape index (κ2) is 7.42. The Morgan fingerprint density at radius 1 is 1.39 bits per heavy atom. The average molecular weight is 364 g/mol. The van der Waals surface area contributed by atoms with Crippen LogP contribution in [0.5, 0.6) is 0 Å². The van der Waals surface area contributed by atoms with E-state index in [-0.39, 0.29) is 11.9 Å².